The maximum atomic E-state index is 5.14. The Morgan fingerprint density at radius 1 is 1.20 bits per heavy atom. The van der Waals surface area contributed by atoms with E-state index in [2.05, 4.69) is 17.6 Å². The first kappa shape index (κ1) is 12.9. The minimum Gasteiger partial charge on any atom is -0.385 e. The Hall–Kier alpha value is -0.120. The highest BCUT2D eigenvalue weighted by atomic mass is 16.5. The van der Waals surface area contributed by atoms with E-state index >= 15 is 0 Å². The second-order valence-corrected chi connectivity index (χ2v) is 4.63. The van der Waals surface area contributed by atoms with Gasteiger partial charge in [-0.3, -0.25) is 0 Å². The number of hydrogen-bond donors (Lipinski definition) is 2. The van der Waals surface area contributed by atoms with E-state index in [0.717, 1.165) is 26.2 Å². The van der Waals surface area contributed by atoms with Crippen molar-refractivity contribution >= 4 is 0 Å². The summed E-state index contributed by atoms with van der Waals surface area (Å²) in [5.41, 5.74) is 0.591. The molecule has 1 rings (SSSR count). The number of rotatable bonds is 10. The van der Waals surface area contributed by atoms with E-state index in [-0.39, 0.29) is 0 Å². The second kappa shape index (κ2) is 7.20. The molecule has 1 aliphatic rings. The molecule has 90 valence electrons. The van der Waals surface area contributed by atoms with E-state index < -0.39 is 0 Å². The van der Waals surface area contributed by atoms with Crippen molar-refractivity contribution in [1.82, 2.24) is 10.6 Å². The third kappa shape index (κ3) is 5.50. The molecule has 2 N–H and O–H groups in total. The van der Waals surface area contributed by atoms with E-state index in [1.165, 1.54) is 32.2 Å². The molecule has 1 saturated carbocycles. The normalized spacial score (nSPS) is 18.0. The summed E-state index contributed by atoms with van der Waals surface area (Å²) in [4.78, 5) is 0. The van der Waals surface area contributed by atoms with Crippen molar-refractivity contribution in [3.63, 3.8) is 0 Å². The van der Waals surface area contributed by atoms with Crippen molar-refractivity contribution in [3.05, 3.63) is 0 Å². The Morgan fingerprint density at radius 2 is 1.93 bits per heavy atom. The average molecular weight is 214 g/mol. The average Bonchev–Trinajstić information content (AvgIpc) is 3.01. The molecule has 0 unspecified atom stereocenters. The molecule has 0 aromatic rings. The zero-order chi connectivity index (χ0) is 11.0. The lowest BCUT2D eigenvalue weighted by atomic mass is 10.0. The number of nitrogens with one attached hydrogen (secondary N) is 2. The van der Waals surface area contributed by atoms with Gasteiger partial charge in [0.15, 0.2) is 0 Å². The van der Waals surface area contributed by atoms with Crippen molar-refractivity contribution < 1.29 is 4.74 Å². The van der Waals surface area contributed by atoms with Gasteiger partial charge in [0.1, 0.15) is 0 Å². The molecule has 0 aromatic heterocycles. The van der Waals surface area contributed by atoms with Crippen LogP contribution in [0.15, 0.2) is 0 Å². The van der Waals surface area contributed by atoms with Gasteiger partial charge in [-0.05, 0) is 50.7 Å². The molecule has 15 heavy (non-hydrogen) atoms. The van der Waals surface area contributed by atoms with Crippen molar-refractivity contribution in [2.24, 2.45) is 5.41 Å². The van der Waals surface area contributed by atoms with Crippen LogP contribution in [-0.4, -0.2) is 39.9 Å². The largest absolute Gasteiger partial charge is 0.385 e. The molecule has 0 amide bonds. The van der Waals surface area contributed by atoms with Gasteiger partial charge in [0.25, 0.3) is 0 Å². The van der Waals surface area contributed by atoms with Crippen LogP contribution in [0.5, 0.6) is 0 Å². The van der Waals surface area contributed by atoms with E-state index in [1.807, 2.05) is 0 Å². The van der Waals surface area contributed by atoms with Gasteiger partial charge in [0.05, 0.1) is 0 Å². The molecule has 3 heteroatoms. The third-order valence-electron chi connectivity index (χ3n) is 3.25. The van der Waals surface area contributed by atoms with Crippen LogP contribution in [0, 0.1) is 5.41 Å². The Bertz CT molecular complexity index is 158. The van der Waals surface area contributed by atoms with E-state index in [1.54, 1.807) is 7.11 Å². The van der Waals surface area contributed by atoms with Crippen molar-refractivity contribution in [1.29, 1.82) is 0 Å². The molecule has 0 aliphatic heterocycles. The van der Waals surface area contributed by atoms with Gasteiger partial charge in [0.2, 0.25) is 0 Å². The van der Waals surface area contributed by atoms with Crippen LogP contribution < -0.4 is 10.6 Å². The summed E-state index contributed by atoms with van der Waals surface area (Å²) >= 11 is 0. The summed E-state index contributed by atoms with van der Waals surface area (Å²) in [6, 6.07) is 0. The molecule has 0 heterocycles. The van der Waals surface area contributed by atoms with Gasteiger partial charge in [-0.25, -0.2) is 0 Å². The van der Waals surface area contributed by atoms with Crippen LogP contribution in [0.2, 0.25) is 0 Å². The molecule has 0 radical (unpaired) electrons. The first-order valence-electron chi connectivity index (χ1n) is 6.23. The summed E-state index contributed by atoms with van der Waals surface area (Å²) in [7, 11) is 1.79. The van der Waals surface area contributed by atoms with Crippen molar-refractivity contribution in [3.8, 4) is 0 Å². The highest BCUT2D eigenvalue weighted by Gasteiger charge is 2.41. The maximum absolute atomic E-state index is 5.14. The maximum Gasteiger partial charge on any atom is 0.0468 e. The molecule has 0 spiro atoms. The van der Waals surface area contributed by atoms with Crippen LogP contribution >= 0.6 is 0 Å². The zero-order valence-electron chi connectivity index (χ0n) is 10.3. The molecule has 1 fully saturated rings. The van der Waals surface area contributed by atoms with E-state index in [0.29, 0.717) is 5.41 Å². The first-order valence-corrected chi connectivity index (χ1v) is 6.23. The fourth-order valence-electron chi connectivity index (χ4n) is 1.88. The molecule has 3 nitrogen and oxygen atoms in total. The fraction of sp³-hybridized carbons (Fsp3) is 1.00. The van der Waals surface area contributed by atoms with Crippen LogP contribution in [0.3, 0.4) is 0 Å². The number of hydrogen-bond acceptors (Lipinski definition) is 3. The van der Waals surface area contributed by atoms with Crippen LogP contribution in [-0.2, 0) is 4.74 Å². The van der Waals surface area contributed by atoms with E-state index in [4.69, 9.17) is 4.74 Å². The van der Waals surface area contributed by atoms with Crippen LogP contribution in [0.25, 0.3) is 0 Å². The van der Waals surface area contributed by atoms with Crippen molar-refractivity contribution in [2.45, 2.75) is 32.6 Å². The Morgan fingerprint density at radius 3 is 2.53 bits per heavy atom. The topological polar surface area (TPSA) is 33.3 Å². The Labute approximate surface area is 94.0 Å². The molecule has 0 aromatic carbocycles. The van der Waals surface area contributed by atoms with Gasteiger partial charge in [-0.2, -0.15) is 0 Å². The number of ether oxygens (including phenoxy) is 1. The molecular weight excluding hydrogens is 188 g/mol. The van der Waals surface area contributed by atoms with Gasteiger partial charge in [-0.1, -0.05) is 6.92 Å². The summed E-state index contributed by atoms with van der Waals surface area (Å²) in [6.45, 7) is 7.60. The number of methoxy groups -OCH3 is 1. The molecule has 0 atom stereocenters. The third-order valence-corrected chi connectivity index (χ3v) is 3.25. The van der Waals surface area contributed by atoms with Gasteiger partial charge < -0.3 is 15.4 Å². The van der Waals surface area contributed by atoms with Crippen LogP contribution in [0.1, 0.15) is 32.6 Å². The summed E-state index contributed by atoms with van der Waals surface area (Å²) in [5.74, 6) is 0. The predicted molar refractivity (Wildman–Crippen MR) is 64.2 cm³/mol. The predicted octanol–water partition coefficient (Wildman–Crippen LogP) is 1.39. The second-order valence-electron chi connectivity index (χ2n) is 4.63. The van der Waals surface area contributed by atoms with Gasteiger partial charge in [0, 0.05) is 20.3 Å². The lowest BCUT2D eigenvalue weighted by molar-refractivity contribution is 0.171. The minimum atomic E-state index is 0.591. The quantitative estimate of drug-likeness (QED) is 0.539. The lowest BCUT2D eigenvalue weighted by Gasteiger charge is -2.15. The Kier molecular flexibility index (Phi) is 6.22. The minimum absolute atomic E-state index is 0.591. The molecular formula is C12H26N2O. The smallest absolute Gasteiger partial charge is 0.0468 e. The van der Waals surface area contributed by atoms with E-state index in [9.17, 15) is 0 Å². The highest BCUT2D eigenvalue weighted by molar-refractivity contribution is 4.94. The molecule has 0 saturated heterocycles. The van der Waals surface area contributed by atoms with Gasteiger partial charge in [-0.15, -0.1) is 0 Å². The summed E-state index contributed by atoms with van der Waals surface area (Å²) < 4.78 is 5.14. The van der Waals surface area contributed by atoms with Gasteiger partial charge >= 0.3 is 0 Å². The monoisotopic (exact) mass is 214 g/mol. The fourth-order valence-corrected chi connectivity index (χ4v) is 1.88. The highest BCUT2D eigenvalue weighted by Crippen LogP contribution is 2.48. The lowest BCUT2D eigenvalue weighted by Crippen LogP contribution is -2.28. The van der Waals surface area contributed by atoms with Crippen LogP contribution in [0.4, 0.5) is 0 Å². The molecule has 1 aliphatic carbocycles. The SMILES string of the molecule is CCNCCCNCC1(CCOC)CC1. The zero-order valence-corrected chi connectivity index (χ0v) is 10.3. The molecule has 0 bridgehead atoms. The summed E-state index contributed by atoms with van der Waals surface area (Å²) in [6.07, 6.45) is 5.23. The van der Waals surface area contributed by atoms with Crippen molar-refractivity contribution in [2.75, 3.05) is 39.9 Å². The first-order chi connectivity index (χ1) is 7.33. The standard InChI is InChI=1S/C12H26N2O/c1-3-13-8-4-9-14-11-12(5-6-12)7-10-15-2/h13-14H,3-11H2,1-2H3. The summed E-state index contributed by atoms with van der Waals surface area (Å²) in [5, 5.41) is 6.90. The Balaban J connectivity index is 1.90.